The minimum absolute atomic E-state index is 0. The molecular weight excluding hydrogens is 489 g/mol. The van der Waals surface area contributed by atoms with Crippen molar-refractivity contribution in [3.8, 4) is 5.75 Å². The number of halogens is 1. The average Bonchev–Trinajstić information content (AvgIpc) is 2.65. The second-order valence-corrected chi connectivity index (χ2v) is 8.08. The number of ether oxygens (including phenoxy) is 1. The highest BCUT2D eigenvalue weighted by atomic mass is 127. The van der Waals surface area contributed by atoms with E-state index in [1.165, 1.54) is 6.26 Å². The number of sulfone groups is 1. The van der Waals surface area contributed by atoms with Crippen LogP contribution in [0.25, 0.3) is 0 Å². The molecule has 0 atom stereocenters. The molecular formula is C20H28IN3O3S. The van der Waals surface area contributed by atoms with Crippen LogP contribution in [0.4, 0.5) is 0 Å². The fourth-order valence-electron chi connectivity index (χ4n) is 2.57. The van der Waals surface area contributed by atoms with E-state index in [9.17, 15) is 8.42 Å². The molecule has 8 heteroatoms. The predicted octanol–water partition coefficient (Wildman–Crippen LogP) is 3.01. The third kappa shape index (κ3) is 7.67. The van der Waals surface area contributed by atoms with Gasteiger partial charge in [0.05, 0.1) is 11.5 Å². The van der Waals surface area contributed by atoms with E-state index in [0.29, 0.717) is 30.6 Å². The molecule has 0 unspecified atom stereocenters. The van der Waals surface area contributed by atoms with Crippen LogP contribution >= 0.6 is 24.0 Å². The minimum Gasteiger partial charge on any atom is -0.494 e. The van der Waals surface area contributed by atoms with Crippen LogP contribution in [0.15, 0.2) is 58.4 Å². The summed E-state index contributed by atoms with van der Waals surface area (Å²) < 4.78 is 28.6. The van der Waals surface area contributed by atoms with Gasteiger partial charge >= 0.3 is 0 Å². The summed E-state index contributed by atoms with van der Waals surface area (Å²) in [6, 6.07) is 14.9. The Kier molecular flexibility index (Phi) is 10.3. The van der Waals surface area contributed by atoms with E-state index in [1.54, 1.807) is 19.2 Å². The standard InChI is InChI=1S/C20H27N3O3S.HI/c1-4-26-19-8-6-5-7-17(19)15-23-20(21-2)22-14-13-16-9-11-18(12-10-16)27(3,24)25;/h5-12H,4,13-15H2,1-3H3,(H2,21,22,23);1H. The summed E-state index contributed by atoms with van der Waals surface area (Å²) in [7, 11) is -1.43. The fraction of sp³-hybridized carbons (Fsp3) is 0.350. The molecule has 28 heavy (non-hydrogen) atoms. The second kappa shape index (κ2) is 11.9. The third-order valence-corrected chi connectivity index (χ3v) is 5.13. The lowest BCUT2D eigenvalue weighted by molar-refractivity contribution is 0.336. The zero-order chi connectivity index (χ0) is 19.7. The Hall–Kier alpha value is -1.81. The molecule has 0 amide bonds. The van der Waals surface area contributed by atoms with Crippen molar-refractivity contribution < 1.29 is 13.2 Å². The number of hydrogen-bond donors (Lipinski definition) is 2. The maximum absolute atomic E-state index is 11.5. The Labute approximate surface area is 184 Å². The van der Waals surface area contributed by atoms with Crippen molar-refractivity contribution in [2.24, 2.45) is 4.99 Å². The topological polar surface area (TPSA) is 79.8 Å². The molecule has 0 spiro atoms. The Morgan fingerprint density at radius 3 is 2.36 bits per heavy atom. The van der Waals surface area contributed by atoms with Crippen molar-refractivity contribution in [1.82, 2.24) is 10.6 Å². The number of para-hydroxylation sites is 1. The summed E-state index contributed by atoms with van der Waals surface area (Å²) in [5, 5.41) is 6.54. The highest BCUT2D eigenvalue weighted by molar-refractivity contribution is 14.0. The largest absolute Gasteiger partial charge is 0.494 e. The second-order valence-electron chi connectivity index (χ2n) is 6.06. The number of rotatable bonds is 8. The lowest BCUT2D eigenvalue weighted by Crippen LogP contribution is -2.37. The molecule has 2 N–H and O–H groups in total. The highest BCUT2D eigenvalue weighted by Crippen LogP contribution is 2.17. The van der Waals surface area contributed by atoms with Gasteiger partial charge in [0.1, 0.15) is 5.75 Å². The molecule has 0 aliphatic carbocycles. The molecule has 6 nitrogen and oxygen atoms in total. The van der Waals surface area contributed by atoms with Gasteiger partial charge in [-0.2, -0.15) is 0 Å². The molecule has 0 aliphatic rings. The van der Waals surface area contributed by atoms with E-state index in [-0.39, 0.29) is 24.0 Å². The maximum Gasteiger partial charge on any atom is 0.191 e. The zero-order valence-electron chi connectivity index (χ0n) is 16.4. The number of guanidine groups is 1. The molecule has 0 saturated heterocycles. The average molecular weight is 517 g/mol. The lowest BCUT2D eigenvalue weighted by atomic mass is 10.1. The molecule has 0 saturated carbocycles. The molecule has 0 heterocycles. The monoisotopic (exact) mass is 517 g/mol. The first-order valence-electron chi connectivity index (χ1n) is 8.88. The van der Waals surface area contributed by atoms with Gasteiger partial charge in [-0.05, 0) is 37.1 Å². The van der Waals surface area contributed by atoms with E-state index in [0.717, 1.165) is 23.3 Å². The van der Waals surface area contributed by atoms with Crippen LogP contribution in [0, 0.1) is 0 Å². The van der Waals surface area contributed by atoms with E-state index in [1.807, 2.05) is 43.3 Å². The molecule has 0 fully saturated rings. The fourth-order valence-corrected chi connectivity index (χ4v) is 3.20. The molecule has 2 aromatic carbocycles. The first-order valence-corrected chi connectivity index (χ1v) is 10.8. The minimum atomic E-state index is -3.15. The van der Waals surface area contributed by atoms with Gasteiger partial charge < -0.3 is 15.4 Å². The number of nitrogens with one attached hydrogen (secondary N) is 2. The van der Waals surface area contributed by atoms with E-state index in [2.05, 4.69) is 15.6 Å². The van der Waals surface area contributed by atoms with Crippen LogP contribution in [-0.2, 0) is 22.8 Å². The van der Waals surface area contributed by atoms with Crippen molar-refractivity contribution in [2.45, 2.75) is 24.8 Å². The van der Waals surface area contributed by atoms with Gasteiger partial charge in [-0.1, -0.05) is 30.3 Å². The number of benzene rings is 2. The van der Waals surface area contributed by atoms with Gasteiger partial charge in [0.25, 0.3) is 0 Å². The molecule has 0 aromatic heterocycles. The summed E-state index contributed by atoms with van der Waals surface area (Å²) in [4.78, 5) is 4.57. The molecule has 0 aliphatic heterocycles. The van der Waals surface area contributed by atoms with Crippen LogP contribution in [0.1, 0.15) is 18.1 Å². The van der Waals surface area contributed by atoms with E-state index in [4.69, 9.17) is 4.74 Å². The third-order valence-electron chi connectivity index (χ3n) is 4.00. The van der Waals surface area contributed by atoms with Gasteiger partial charge in [0, 0.05) is 32.0 Å². The zero-order valence-corrected chi connectivity index (χ0v) is 19.6. The summed E-state index contributed by atoms with van der Waals surface area (Å²) in [5.74, 6) is 1.57. The lowest BCUT2D eigenvalue weighted by Gasteiger charge is -2.14. The molecule has 2 aromatic rings. The smallest absolute Gasteiger partial charge is 0.191 e. The van der Waals surface area contributed by atoms with Crippen molar-refractivity contribution in [1.29, 1.82) is 0 Å². The first-order chi connectivity index (χ1) is 12.9. The van der Waals surface area contributed by atoms with Crippen LogP contribution in [0.2, 0.25) is 0 Å². The van der Waals surface area contributed by atoms with Gasteiger partial charge in [-0.3, -0.25) is 4.99 Å². The van der Waals surface area contributed by atoms with Crippen LogP contribution < -0.4 is 15.4 Å². The molecule has 154 valence electrons. The molecule has 0 bridgehead atoms. The normalized spacial score (nSPS) is 11.5. The molecule has 0 radical (unpaired) electrons. The van der Waals surface area contributed by atoms with Crippen molar-refractivity contribution in [2.75, 3.05) is 26.5 Å². The van der Waals surface area contributed by atoms with Gasteiger partial charge in [-0.25, -0.2) is 8.42 Å². The van der Waals surface area contributed by atoms with Crippen molar-refractivity contribution in [3.05, 3.63) is 59.7 Å². The van der Waals surface area contributed by atoms with Gasteiger partial charge in [0.15, 0.2) is 15.8 Å². The molecule has 2 rings (SSSR count). The SMILES string of the molecule is CCOc1ccccc1CNC(=NC)NCCc1ccc(S(C)(=O)=O)cc1.I. The number of hydrogen-bond acceptors (Lipinski definition) is 4. The van der Waals surface area contributed by atoms with Crippen molar-refractivity contribution in [3.63, 3.8) is 0 Å². The highest BCUT2D eigenvalue weighted by Gasteiger charge is 2.07. The maximum atomic E-state index is 11.5. The van der Waals surface area contributed by atoms with Crippen LogP contribution in [-0.4, -0.2) is 40.8 Å². The quantitative estimate of drug-likeness (QED) is 0.320. The van der Waals surface area contributed by atoms with E-state index >= 15 is 0 Å². The van der Waals surface area contributed by atoms with Crippen LogP contribution in [0.3, 0.4) is 0 Å². The summed E-state index contributed by atoms with van der Waals surface area (Å²) >= 11 is 0. The predicted molar refractivity (Wildman–Crippen MR) is 124 cm³/mol. The Balaban J connectivity index is 0.00000392. The Morgan fingerprint density at radius 1 is 1.07 bits per heavy atom. The first kappa shape index (κ1) is 24.2. The number of nitrogens with zero attached hydrogens (tertiary/aromatic N) is 1. The Bertz CT molecular complexity index is 869. The summed E-state index contributed by atoms with van der Waals surface area (Å²) in [5.41, 5.74) is 2.13. The van der Waals surface area contributed by atoms with E-state index < -0.39 is 9.84 Å². The van der Waals surface area contributed by atoms with Gasteiger partial charge in [-0.15, -0.1) is 24.0 Å². The number of aliphatic imine (C=N–C) groups is 1. The van der Waals surface area contributed by atoms with Crippen molar-refractivity contribution >= 4 is 39.8 Å². The van der Waals surface area contributed by atoms with Crippen LogP contribution in [0.5, 0.6) is 5.75 Å². The Morgan fingerprint density at radius 2 is 1.75 bits per heavy atom. The summed E-state index contributed by atoms with van der Waals surface area (Å²) in [6.07, 6.45) is 1.98. The van der Waals surface area contributed by atoms with Gasteiger partial charge in [0.2, 0.25) is 0 Å². The summed E-state index contributed by atoms with van der Waals surface area (Å²) in [6.45, 7) is 3.89.